The van der Waals surface area contributed by atoms with Gasteiger partial charge in [0.1, 0.15) is 0 Å². The second-order valence-corrected chi connectivity index (χ2v) is 7.38. The molecular weight excluding hydrogens is 605 g/mol. The molecule has 3 aromatic heterocycles. The Labute approximate surface area is 210 Å². The average molecular weight is 623 g/mol. The number of fused-ring (bicyclic) bond motifs is 3. The van der Waals surface area contributed by atoms with Crippen molar-refractivity contribution in [3.8, 4) is 28.9 Å². The number of pyridine rings is 2. The first-order chi connectivity index (χ1) is 16.3. The van der Waals surface area contributed by atoms with Gasteiger partial charge >= 0.3 is 21.1 Å². The summed E-state index contributed by atoms with van der Waals surface area (Å²) in [5.41, 5.74) is 3.04. The quantitative estimate of drug-likeness (QED) is 0.200. The van der Waals surface area contributed by atoms with Gasteiger partial charge in [0.25, 0.3) is 0 Å². The Bertz CT molecular complexity index is 1450. The van der Waals surface area contributed by atoms with Crippen molar-refractivity contribution in [1.29, 1.82) is 0 Å². The van der Waals surface area contributed by atoms with E-state index >= 15 is 0 Å². The van der Waals surface area contributed by atoms with Crippen molar-refractivity contribution in [3.63, 3.8) is 0 Å². The van der Waals surface area contributed by atoms with Gasteiger partial charge in [0.05, 0.1) is 0 Å². The van der Waals surface area contributed by atoms with Crippen LogP contribution in [0.1, 0.15) is 0 Å². The molecule has 0 radical (unpaired) electrons. The fraction of sp³-hybridized carbons (Fsp3) is 0. The summed E-state index contributed by atoms with van der Waals surface area (Å²) in [6.07, 6.45) is 3.40. The van der Waals surface area contributed by atoms with Crippen molar-refractivity contribution < 1.29 is 30.5 Å². The number of hydrogen-bond acceptors (Lipinski definition) is 4. The minimum atomic E-state index is 0. The van der Waals surface area contributed by atoms with Gasteiger partial charge in [0, 0.05) is 41.7 Å². The Kier molecular flexibility index (Phi) is 6.11. The molecule has 0 aliphatic rings. The molecule has 0 aliphatic heterocycles. The van der Waals surface area contributed by atoms with Gasteiger partial charge in [-0.3, -0.25) is 0 Å². The van der Waals surface area contributed by atoms with E-state index in [2.05, 4.69) is 38.8 Å². The third kappa shape index (κ3) is 4.18. The second-order valence-electron chi connectivity index (χ2n) is 7.38. The van der Waals surface area contributed by atoms with Crippen LogP contribution in [0, 0.1) is 12.1 Å². The Hall–Kier alpha value is -3.95. The van der Waals surface area contributed by atoms with Crippen molar-refractivity contribution in [1.82, 2.24) is 14.5 Å². The van der Waals surface area contributed by atoms with Crippen LogP contribution in [0.15, 0.2) is 103 Å². The van der Waals surface area contributed by atoms with Crippen LogP contribution in [0.4, 0.5) is 0 Å². The molecule has 3 heterocycles. The number of nitrogens with zero attached hydrogens (tertiary/aromatic N) is 3. The van der Waals surface area contributed by atoms with E-state index in [1.807, 2.05) is 78.9 Å². The minimum Gasteiger partial charge on any atom is -0.460 e. The minimum absolute atomic E-state index is 0. The molecule has 6 heteroatoms. The largest absolute Gasteiger partial charge is 2.00 e. The summed E-state index contributed by atoms with van der Waals surface area (Å²) < 4.78 is 14.1. The second kappa shape index (κ2) is 9.50. The molecule has 166 valence electrons. The van der Waals surface area contributed by atoms with Crippen molar-refractivity contribution in [2.75, 3.05) is 0 Å². The van der Waals surface area contributed by atoms with Crippen LogP contribution in [0.25, 0.3) is 27.5 Å². The van der Waals surface area contributed by atoms with E-state index in [-0.39, 0.29) is 21.1 Å². The number of benzene rings is 3. The molecule has 6 rings (SSSR count). The van der Waals surface area contributed by atoms with E-state index in [0.29, 0.717) is 23.3 Å². The predicted molar refractivity (Wildman–Crippen MR) is 127 cm³/mol. The first kappa shape index (κ1) is 21.9. The van der Waals surface area contributed by atoms with E-state index < -0.39 is 0 Å². The Balaban J connectivity index is 0.00000241. The maximum Gasteiger partial charge on any atom is 2.00 e. The van der Waals surface area contributed by atoms with Gasteiger partial charge in [0.2, 0.25) is 11.8 Å². The van der Waals surface area contributed by atoms with E-state index in [1.54, 1.807) is 12.4 Å². The molecule has 0 amide bonds. The van der Waals surface area contributed by atoms with Gasteiger partial charge in [-0.15, -0.1) is 36.4 Å². The van der Waals surface area contributed by atoms with Gasteiger partial charge in [-0.25, -0.2) is 9.97 Å². The SMILES string of the molecule is [Pt+2].[c-]1c(Oc2ccccn2)ccc2c1c1[c-]c(Oc3ccccn3)ccc1n2-c1ccccc1. The van der Waals surface area contributed by atoms with Crippen LogP contribution in [-0.2, 0) is 21.1 Å². The molecule has 0 aliphatic carbocycles. The zero-order chi connectivity index (χ0) is 22.0. The van der Waals surface area contributed by atoms with Gasteiger partial charge in [-0.1, -0.05) is 41.4 Å². The molecular formula is C28H17N3O2Pt. The fourth-order valence-corrected chi connectivity index (χ4v) is 3.83. The summed E-state index contributed by atoms with van der Waals surface area (Å²) in [7, 11) is 0. The number of para-hydroxylation sites is 1. The van der Waals surface area contributed by atoms with Crippen molar-refractivity contribution in [2.45, 2.75) is 0 Å². The molecule has 0 atom stereocenters. The van der Waals surface area contributed by atoms with Crippen LogP contribution in [0.5, 0.6) is 23.3 Å². The van der Waals surface area contributed by atoms with Crippen molar-refractivity contribution in [3.05, 3.63) is 116 Å². The molecule has 6 aromatic rings. The predicted octanol–water partition coefficient (Wildman–Crippen LogP) is 6.76. The molecule has 3 aromatic carbocycles. The summed E-state index contributed by atoms with van der Waals surface area (Å²) in [6.45, 7) is 0. The Morgan fingerprint density at radius 2 is 1.06 bits per heavy atom. The Morgan fingerprint density at radius 3 is 1.53 bits per heavy atom. The van der Waals surface area contributed by atoms with Gasteiger partial charge in [0.15, 0.2) is 0 Å². The average Bonchev–Trinajstić information content (AvgIpc) is 3.19. The van der Waals surface area contributed by atoms with Crippen LogP contribution in [-0.4, -0.2) is 14.5 Å². The molecule has 0 fully saturated rings. The van der Waals surface area contributed by atoms with Crippen LogP contribution in [0.3, 0.4) is 0 Å². The zero-order valence-corrected chi connectivity index (χ0v) is 20.1. The molecule has 5 nitrogen and oxygen atoms in total. The zero-order valence-electron chi connectivity index (χ0n) is 17.8. The van der Waals surface area contributed by atoms with Crippen LogP contribution >= 0.6 is 0 Å². The summed E-state index contributed by atoms with van der Waals surface area (Å²) >= 11 is 0. The topological polar surface area (TPSA) is 49.2 Å². The summed E-state index contributed by atoms with van der Waals surface area (Å²) in [5.74, 6) is 2.20. The van der Waals surface area contributed by atoms with Crippen molar-refractivity contribution >= 4 is 21.8 Å². The van der Waals surface area contributed by atoms with Gasteiger partial charge in [-0.2, -0.15) is 10.8 Å². The first-order valence-corrected chi connectivity index (χ1v) is 10.5. The number of ether oxygens (including phenoxy) is 2. The monoisotopic (exact) mass is 622 g/mol. The van der Waals surface area contributed by atoms with E-state index in [4.69, 9.17) is 9.47 Å². The molecule has 0 bridgehead atoms. The number of hydrogen-bond donors (Lipinski definition) is 0. The Morgan fingerprint density at radius 1 is 0.559 bits per heavy atom. The molecule has 0 unspecified atom stereocenters. The standard InChI is InChI=1S/C28H17N3O2.Pt/c1-2-8-20(9-3-1)31-25-14-12-21(32-27-10-4-6-16-29-27)18-23(25)24-19-22(13-15-26(24)31)33-28-11-5-7-17-30-28;/h1-17H;/q-2;+2. The molecule has 0 spiro atoms. The van der Waals surface area contributed by atoms with E-state index in [0.717, 1.165) is 27.5 Å². The summed E-state index contributed by atoms with van der Waals surface area (Å²) in [6, 6.07) is 36.0. The molecule has 34 heavy (non-hydrogen) atoms. The van der Waals surface area contributed by atoms with E-state index in [9.17, 15) is 0 Å². The first-order valence-electron chi connectivity index (χ1n) is 10.5. The van der Waals surface area contributed by atoms with Crippen LogP contribution < -0.4 is 9.47 Å². The van der Waals surface area contributed by atoms with Gasteiger partial charge < -0.3 is 14.0 Å². The molecule has 0 saturated carbocycles. The smallest absolute Gasteiger partial charge is 0.460 e. The number of aromatic nitrogens is 3. The maximum atomic E-state index is 5.95. The normalized spacial score (nSPS) is 10.7. The molecule has 0 saturated heterocycles. The fourth-order valence-electron chi connectivity index (χ4n) is 3.83. The summed E-state index contributed by atoms with van der Waals surface area (Å²) in [4.78, 5) is 8.50. The van der Waals surface area contributed by atoms with E-state index in [1.165, 1.54) is 0 Å². The molecule has 0 N–H and O–H groups in total. The third-order valence-electron chi connectivity index (χ3n) is 5.24. The number of rotatable bonds is 5. The van der Waals surface area contributed by atoms with Gasteiger partial charge in [-0.05, 0) is 24.3 Å². The maximum absolute atomic E-state index is 5.95. The third-order valence-corrected chi connectivity index (χ3v) is 5.24. The van der Waals surface area contributed by atoms with Crippen LogP contribution in [0.2, 0.25) is 0 Å². The van der Waals surface area contributed by atoms with Crippen molar-refractivity contribution in [2.24, 2.45) is 0 Å². The summed E-state index contributed by atoms with van der Waals surface area (Å²) in [5, 5.41) is 1.77.